The van der Waals surface area contributed by atoms with Crippen LogP contribution in [0.2, 0.25) is 0 Å². The van der Waals surface area contributed by atoms with Crippen LogP contribution in [-0.2, 0) is 24.2 Å². The van der Waals surface area contributed by atoms with Crippen molar-refractivity contribution in [3.63, 3.8) is 0 Å². The minimum absolute atomic E-state index is 0.186. The monoisotopic (exact) mass is 383 g/mol. The average Bonchev–Trinajstić information content (AvgIpc) is 3.16. The predicted octanol–water partition coefficient (Wildman–Crippen LogP) is 2.30. The second kappa shape index (κ2) is 7.92. The number of nitrogens with two attached hydrogens (primary N) is 1. The van der Waals surface area contributed by atoms with Crippen LogP contribution in [0.1, 0.15) is 36.0 Å². The maximum atomic E-state index is 12.0. The van der Waals surface area contributed by atoms with Crippen LogP contribution in [0.3, 0.4) is 0 Å². The summed E-state index contributed by atoms with van der Waals surface area (Å²) in [7, 11) is 1.72. The van der Waals surface area contributed by atoms with Crippen molar-refractivity contribution < 1.29 is 14.3 Å². The Morgan fingerprint density at radius 2 is 1.96 bits per heavy atom. The largest absolute Gasteiger partial charge is 0.493 e. The Hall–Kier alpha value is -3.03. The van der Waals surface area contributed by atoms with E-state index < -0.39 is 0 Å². The summed E-state index contributed by atoms with van der Waals surface area (Å²) in [4.78, 5) is 22.2. The number of carbonyl (C=O) groups is 1. The topological polar surface area (TPSA) is 103 Å². The lowest BCUT2D eigenvalue weighted by molar-refractivity contribution is -0.107. The van der Waals surface area contributed by atoms with E-state index in [4.69, 9.17) is 15.2 Å². The highest BCUT2D eigenvalue weighted by Gasteiger charge is 2.23. The highest BCUT2D eigenvalue weighted by atomic mass is 16.5. The molecule has 28 heavy (non-hydrogen) atoms. The number of nitrogen functional groups attached to an aromatic ring is 1. The van der Waals surface area contributed by atoms with Gasteiger partial charge in [0.1, 0.15) is 11.4 Å². The summed E-state index contributed by atoms with van der Waals surface area (Å²) in [5.41, 5.74) is 10.1. The van der Waals surface area contributed by atoms with Crippen molar-refractivity contribution in [3.8, 4) is 11.8 Å². The second-order valence-corrected chi connectivity index (χ2v) is 7.07. The Labute approximate surface area is 164 Å². The van der Waals surface area contributed by atoms with Gasteiger partial charge in [-0.3, -0.25) is 9.69 Å². The van der Waals surface area contributed by atoms with E-state index in [0.717, 1.165) is 49.8 Å². The Morgan fingerprint density at radius 3 is 2.79 bits per heavy atom. The van der Waals surface area contributed by atoms with Crippen LogP contribution in [0.4, 0.5) is 17.3 Å². The molecule has 0 atom stereocenters. The van der Waals surface area contributed by atoms with E-state index in [9.17, 15) is 4.79 Å². The highest BCUT2D eigenvalue weighted by Crippen LogP contribution is 2.35. The first-order valence-corrected chi connectivity index (χ1v) is 9.67. The molecule has 2 aliphatic heterocycles. The van der Waals surface area contributed by atoms with E-state index in [1.165, 1.54) is 16.0 Å². The van der Waals surface area contributed by atoms with Gasteiger partial charge in [0.2, 0.25) is 6.41 Å². The number of hydrogen-bond acceptors (Lipinski definition) is 7. The molecule has 1 aromatic carbocycles. The number of ether oxygens (including phenoxy) is 2. The molecule has 0 aliphatic carbocycles. The Balaban J connectivity index is 1.80. The molecule has 0 saturated heterocycles. The molecule has 0 unspecified atom stereocenters. The molecular weight excluding hydrogens is 358 g/mol. The molecule has 2 aromatic rings. The standard InChI is InChI=1S/C20H25N5O3/c1-22-16-18(21)23-20-24-19(16)25(12-26)11-15-10-13(5-3-2-4-7-28-20)9-14-6-8-27-17(14)15/h9-10,12,22H,2-8,11H2,1H3,(H2,21,23,24). The van der Waals surface area contributed by atoms with Gasteiger partial charge < -0.3 is 20.5 Å². The molecule has 148 valence electrons. The number of nitrogens with one attached hydrogen (secondary N) is 1. The Kier molecular flexibility index (Phi) is 5.18. The lowest BCUT2D eigenvalue weighted by Crippen LogP contribution is -2.24. The van der Waals surface area contributed by atoms with Gasteiger partial charge in [0, 0.05) is 19.0 Å². The number of carbonyl (C=O) groups excluding carboxylic acids is 1. The van der Waals surface area contributed by atoms with Gasteiger partial charge in [0.05, 0.1) is 19.8 Å². The molecule has 0 fully saturated rings. The minimum Gasteiger partial charge on any atom is -0.493 e. The lowest BCUT2D eigenvalue weighted by Gasteiger charge is -2.22. The van der Waals surface area contributed by atoms with Gasteiger partial charge in [-0.25, -0.2) is 0 Å². The summed E-state index contributed by atoms with van der Waals surface area (Å²) in [5, 5.41) is 3.00. The van der Waals surface area contributed by atoms with Crippen molar-refractivity contribution >= 4 is 23.7 Å². The van der Waals surface area contributed by atoms with Crippen LogP contribution < -0.4 is 25.4 Å². The number of aryl methyl sites for hydroxylation is 1. The van der Waals surface area contributed by atoms with E-state index in [0.29, 0.717) is 31.3 Å². The third-order valence-electron chi connectivity index (χ3n) is 5.15. The predicted molar refractivity (Wildman–Crippen MR) is 107 cm³/mol. The summed E-state index contributed by atoms with van der Waals surface area (Å²) in [6, 6.07) is 4.57. The number of nitrogens with zero attached hydrogens (tertiary/aromatic N) is 3. The normalized spacial score (nSPS) is 16.4. The number of amides is 1. The number of benzene rings is 1. The smallest absolute Gasteiger partial charge is 0.320 e. The fraction of sp³-hybridized carbons (Fsp3) is 0.450. The van der Waals surface area contributed by atoms with Crippen molar-refractivity contribution in [3.05, 3.63) is 28.8 Å². The minimum atomic E-state index is 0.186. The molecule has 1 aromatic heterocycles. The van der Waals surface area contributed by atoms with Crippen LogP contribution in [-0.4, -0.2) is 36.6 Å². The fourth-order valence-electron chi connectivity index (χ4n) is 3.80. The zero-order valence-electron chi connectivity index (χ0n) is 16.0. The summed E-state index contributed by atoms with van der Waals surface area (Å²) in [5.74, 6) is 1.53. The summed E-state index contributed by atoms with van der Waals surface area (Å²) < 4.78 is 11.6. The van der Waals surface area contributed by atoms with Crippen molar-refractivity contribution in [1.82, 2.24) is 9.97 Å². The molecule has 0 radical (unpaired) electrons. The molecule has 2 aliphatic rings. The maximum Gasteiger partial charge on any atom is 0.320 e. The zero-order chi connectivity index (χ0) is 19.5. The number of hydrogen-bond donors (Lipinski definition) is 2. The van der Waals surface area contributed by atoms with Gasteiger partial charge in [-0.05, 0) is 36.8 Å². The van der Waals surface area contributed by atoms with Gasteiger partial charge >= 0.3 is 6.01 Å². The maximum absolute atomic E-state index is 12.0. The highest BCUT2D eigenvalue weighted by molar-refractivity contribution is 5.85. The van der Waals surface area contributed by atoms with E-state index in [1.807, 2.05) is 0 Å². The van der Waals surface area contributed by atoms with E-state index in [1.54, 1.807) is 7.05 Å². The van der Waals surface area contributed by atoms with Gasteiger partial charge in [-0.15, -0.1) is 0 Å². The number of rotatable bonds is 2. The van der Waals surface area contributed by atoms with Crippen LogP contribution >= 0.6 is 0 Å². The van der Waals surface area contributed by atoms with Gasteiger partial charge in [-0.1, -0.05) is 12.1 Å². The third kappa shape index (κ3) is 3.54. The van der Waals surface area contributed by atoms with Crippen molar-refractivity contribution in [2.24, 2.45) is 0 Å². The summed E-state index contributed by atoms with van der Waals surface area (Å²) in [6.07, 6.45) is 5.69. The third-order valence-corrected chi connectivity index (χ3v) is 5.15. The fourth-order valence-corrected chi connectivity index (χ4v) is 3.80. The Bertz CT molecular complexity index is 887. The van der Waals surface area contributed by atoms with Crippen LogP contribution in [0.15, 0.2) is 12.1 Å². The molecule has 8 heteroatoms. The number of aromatic nitrogens is 2. The van der Waals surface area contributed by atoms with Gasteiger partial charge in [-0.2, -0.15) is 9.97 Å². The second-order valence-electron chi connectivity index (χ2n) is 7.07. The van der Waals surface area contributed by atoms with Crippen molar-refractivity contribution in [2.45, 2.75) is 38.6 Å². The van der Waals surface area contributed by atoms with Crippen LogP contribution in [0, 0.1) is 0 Å². The molecule has 3 heterocycles. The van der Waals surface area contributed by atoms with Crippen LogP contribution in [0.5, 0.6) is 11.8 Å². The molecule has 4 rings (SSSR count). The first-order chi connectivity index (χ1) is 13.7. The van der Waals surface area contributed by atoms with E-state index in [2.05, 4.69) is 27.4 Å². The SMILES string of the molecule is CNc1c(N)nc2nc1N(C=O)Cc1cc(cc3c1OCC3)CCCCCO2. The van der Waals surface area contributed by atoms with Crippen molar-refractivity contribution in [2.75, 3.05) is 36.2 Å². The Morgan fingerprint density at radius 1 is 1.11 bits per heavy atom. The lowest BCUT2D eigenvalue weighted by atomic mass is 9.99. The quantitative estimate of drug-likeness (QED) is 0.767. The number of fused-ring (bicyclic) bond motifs is 6. The molecule has 8 nitrogen and oxygen atoms in total. The molecule has 3 N–H and O–H groups in total. The molecule has 1 amide bonds. The van der Waals surface area contributed by atoms with Crippen LogP contribution in [0.25, 0.3) is 0 Å². The summed E-state index contributed by atoms with van der Waals surface area (Å²) >= 11 is 0. The first kappa shape index (κ1) is 18.3. The number of anilines is 3. The summed E-state index contributed by atoms with van der Waals surface area (Å²) in [6.45, 7) is 1.53. The first-order valence-electron chi connectivity index (χ1n) is 9.67. The van der Waals surface area contributed by atoms with Crippen molar-refractivity contribution in [1.29, 1.82) is 0 Å². The molecule has 0 saturated carbocycles. The molecule has 4 bridgehead atoms. The van der Waals surface area contributed by atoms with Gasteiger partial charge in [0.25, 0.3) is 0 Å². The average molecular weight is 383 g/mol. The molecular formula is C20H25N5O3. The molecule has 0 spiro atoms. The van der Waals surface area contributed by atoms with E-state index >= 15 is 0 Å². The van der Waals surface area contributed by atoms with Gasteiger partial charge in [0.15, 0.2) is 11.6 Å². The van der Waals surface area contributed by atoms with E-state index in [-0.39, 0.29) is 11.8 Å². The zero-order valence-corrected chi connectivity index (χ0v) is 16.0.